The first-order valence-corrected chi connectivity index (χ1v) is 5.07. The van der Waals surface area contributed by atoms with Gasteiger partial charge in [-0.05, 0) is 38.3 Å². The standard InChI is InChI=1S/C10H20N2O2/c1-12(7-9(13)14-2)8-10(3-4-10)5-6-11/h3-8,11H2,1-2H3. The normalized spacial score (nSPS) is 18.3. The maximum Gasteiger partial charge on any atom is 0.319 e. The van der Waals surface area contributed by atoms with Crippen LogP contribution >= 0.6 is 0 Å². The van der Waals surface area contributed by atoms with Crippen molar-refractivity contribution in [3.8, 4) is 0 Å². The summed E-state index contributed by atoms with van der Waals surface area (Å²) in [6.07, 6.45) is 3.56. The van der Waals surface area contributed by atoms with E-state index in [4.69, 9.17) is 5.73 Å². The molecule has 0 bridgehead atoms. The molecular weight excluding hydrogens is 180 g/mol. The van der Waals surface area contributed by atoms with Crippen molar-refractivity contribution in [1.29, 1.82) is 0 Å². The molecule has 0 saturated heterocycles. The molecular formula is C10H20N2O2. The van der Waals surface area contributed by atoms with E-state index in [1.165, 1.54) is 20.0 Å². The van der Waals surface area contributed by atoms with E-state index in [0.29, 0.717) is 12.0 Å². The summed E-state index contributed by atoms with van der Waals surface area (Å²) in [6.45, 7) is 2.08. The minimum absolute atomic E-state index is 0.170. The molecule has 1 aliphatic carbocycles. The number of methoxy groups -OCH3 is 1. The molecule has 2 N–H and O–H groups in total. The molecule has 1 aliphatic rings. The average molecular weight is 200 g/mol. The van der Waals surface area contributed by atoms with Gasteiger partial charge in [0.05, 0.1) is 13.7 Å². The van der Waals surface area contributed by atoms with Crippen LogP contribution in [0.15, 0.2) is 0 Å². The van der Waals surface area contributed by atoms with Crippen LogP contribution in [-0.4, -0.2) is 44.7 Å². The largest absolute Gasteiger partial charge is 0.468 e. The van der Waals surface area contributed by atoms with Crippen LogP contribution in [0.2, 0.25) is 0 Å². The van der Waals surface area contributed by atoms with Crippen LogP contribution in [0.4, 0.5) is 0 Å². The predicted octanol–water partition coefficient (Wildman–Crippen LogP) is 0.220. The van der Waals surface area contributed by atoms with Crippen LogP contribution < -0.4 is 5.73 Å². The zero-order chi connectivity index (χ0) is 10.6. The lowest BCUT2D eigenvalue weighted by atomic mass is 10.0. The Balaban J connectivity index is 2.26. The second-order valence-corrected chi connectivity index (χ2v) is 4.29. The molecule has 4 heteroatoms. The lowest BCUT2D eigenvalue weighted by Gasteiger charge is -2.22. The van der Waals surface area contributed by atoms with Gasteiger partial charge in [-0.15, -0.1) is 0 Å². The van der Waals surface area contributed by atoms with Crippen molar-refractivity contribution in [2.75, 3.05) is 33.8 Å². The van der Waals surface area contributed by atoms with Crippen molar-refractivity contribution >= 4 is 5.97 Å². The first kappa shape index (κ1) is 11.5. The van der Waals surface area contributed by atoms with Gasteiger partial charge in [-0.2, -0.15) is 0 Å². The Bertz CT molecular complexity index is 202. The van der Waals surface area contributed by atoms with E-state index in [0.717, 1.165) is 19.5 Å². The molecule has 0 aromatic heterocycles. The van der Waals surface area contributed by atoms with Crippen molar-refractivity contribution in [3.05, 3.63) is 0 Å². The molecule has 0 atom stereocenters. The van der Waals surface area contributed by atoms with E-state index in [2.05, 4.69) is 4.74 Å². The zero-order valence-electron chi connectivity index (χ0n) is 9.08. The highest BCUT2D eigenvalue weighted by atomic mass is 16.5. The Morgan fingerprint density at radius 2 is 2.21 bits per heavy atom. The van der Waals surface area contributed by atoms with Crippen LogP contribution in [0, 0.1) is 5.41 Å². The van der Waals surface area contributed by atoms with Gasteiger partial charge in [0.1, 0.15) is 0 Å². The third kappa shape index (κ3) is 3.27. The van der Waals surface area contributed by atoms with Crippen LogP contribution in [0.3, 0.4) is 0 Å². The number of hydrogen-bond donors (Lipinski definition) is 1. The predicted molar refractivity (Wildman–Crippen MR) is 54.9 cm³/mol. The number of nitrogens with two attached hydrogens (primary N) is 1. The molecule has 4 nitrogen and oxygen atoms in total. The van der Waals surface area contributed by atoms with E-state index < -0.39 is 0 Å². The summed E-state index contributed by atoms with van der Waals surface area (Å²) in [6, 6.07) is 0. The zero-order valence-corrected chi connectivity index (χ0v) is 9.08. The molecule has 0 radical (unpaired) electrons. The average Bonchev–Trinajstić information content (AvgIpc) is 2.85. The molecule has 1 fully saturated rings. The van der Waals surface area contributed by atoms with E-state index in [1.807, 2.05) is 11.9 Å². The summed E-state index contributed by atoms with van der Waals surface area (Å²) in [5.41, 5.74) is 5.95. The summed E-state index contributed by atoms with van der Waals surface area (Å²) >= 11 is 0. The molecule has 0 spiro atoms. The topological polar surface area (TPSA) is 55.6 Å². The second kappa shape index (κ2) is 4.75. The number of rotatable bonds is 6. The number of esters is 1. The van der Waals surface area contributed by atoms with Gasteiger partial charge >= 0.3 is 5.97 Å². The highest BCUT2D eigenvalue weighted by molar-refractivity contribution is 5.71. The first-order valence-electron chi connectivity index (χ1n) is 5.07. The van der Waals surface area contributed by atoms with Gasteiger partial charge in [-0.3, -0.25) is 9.69 Å². The van der Waals surface area contributed by atoms with E-state index in [9.17, 15) is 4.79 Å². The number of nitrogens with zero attached hydrogens (tertiary/aromatic N) is 1. The van der Waals surface area contributed by atoms with Gasteiger partial charge in [0, 0.05) is 6.54 Å². The number of likely N-dealkylation sites (N-methyl/N-ethyl adjacent to an activating group) is 1. The number of carbonyl (C=O) groups is 1. The third-order valence-electron chi connectivity index (χ3n) is 2.86. The Morgan fingerprint density at radius 3 is 2.64 bits per heavy atom. The second-order valence-electron chi connectivity index (χ2n) is 4.29. The van der Waals surface area contributed by atoms with E-state index >= 15 is 0 Å². The van der Waals surface area contributed by atoms with Gasteiger partial charge in [-0.25, -0.2) is 0 Å². The third-order valence-corrected chi connectivity index (χ3v) is 2.86. The molecule has 0 amide bonds. The minimum atomic E-state index is -0.170. The Labute approximate surface area is 85.4 Å². The molecule has 82 valence electrons. The molecule has 0 unspecified atom stereocenters. The summed E-state index contributed by atoms with van der Waals surface area (Å²) in [5, 5.41) is 0. The monoisotopic (exact) mass is 200 g/mol. The fourth-order valence-electron chi connectivity index (χ4n) is 1.88. The Morgan fingerprint density at radius 1 is 1.57 bits per heavy atom. The number of carbonyl (C=O) groups excluding carboxylic acids is 1. The van der Waals surface area contributed by atoms with Crippen LogP contribution in [0.1, 0.15) is 19.3 Å². The first-order chi connectivity index (χ1) is 6.62. The molecule has 1 saturated carbocycles. The van der Waals surface area contributed by atoms with Crippen molar-refractivity contribution in [1.82, 2.24) is 4.90 Å². The van der Waals surface area contributed by atoms with Crippen molar-refractivity contribution in [2.45, 2.75) is 19.3 Å². The smallest absolute Gasteiger partial charge is 0.319 e. The number of ether oxygens (including phenoxy) is 1. The SMILES string of the molecule is COC(=O)CN(C)CC1(CCN)CC1. The lowest BCUT2D eigenvalue weighted by molar-refractivity contribution is -0.141. The molecule has 1 rings (SSSR count). The highest BCUT2D eigenvalue weighted by Gasteiger charge is 2.42. The van der Waals surface area contributed by atoms with Crippen LogP contribution in [0.25, 0.3) is 0 Å². The van der Waals surface area contributed by atoms with Gasteiger partial charge in [0.25, 0.3) is 0 Å². The minimum Gasteiger partial charge on any atom is -0.468 e. The molecule has 0 heterocycles. The van der Waals surface area contributed by atoms with Crippen molar-refractivity contribution in [2.24, 2.45) is 11.1 Å². The van der Waals surface area contributed by atoms with E-state index in [1.54, 1.807) is 0 Å². The van der Waals surface area contributed by atoms with Crippen molar-refractivity contribution < 1.29 is 9.53 Å². The summed E-state index contributed by atoms with van der Waals surface area (Å²) < 4.78 is 4.61. The maximum atomic E-state index is 11.0. The van der Waals surface area contributed by atoms with Gasteiger partial charge in [0.15, 0.2) is 0 Å². The Hall–Kier alpha value is -0.610. The van der Waals surface area contributed by atoms with Crippen LogP contribution in [-0.2, 0) is 9.53 Å². The number of hydrogen-bond acceptors (Lipinski definition) is 4. The molecule has 0 aromatic carbocycles. The lowest BCUT2D eigenvalue weighted by Crippen LogP contribution is -2.33. The van der Waals surface area contributed by atoms with Gasteiger partial charge < -0.3 is 10.5 Å². The molecule has 0 aromatic rings. The van der Waals surface area contributed by atoms with Gasteiger partial charge in [0.2, 0.25) is 0 Å². The Kier molecular flexibility index (Phi) is 3.89. The molecule has 0 aliphatic heterocycles. The molecule has 14 heavy (non-hydrogen) atoms. The summed E-state index contributed by atoms with van der Waals surface area (Å²) in [5.74, 6) is -0.170. The summed E-state index contributed by atoms with van der Waals surface area (Å²) in [4.78, 5) is 13.0. The fourth-order valence-corrected chi connectivity index (χ4v) is 1.88. The maximum absolute atomic E-state index is 11.0. The van der Waals surface area contributed by atoms with Gasteiger partial charge in [-0.1, -0.05) is 0 Å². The summed E-state index contributed by atoms with van der Waals surface area (Å²) in [7, 11) is 3.37. The fraction of sp³-hybridized carbons (Fsp3) is 0.900. The quantitative estimate of drug-likeness (QED) is 0.623. The van der Waals surface area contributed by atoms with Crippen molar-refractivity contribution in [3.63, 3.8) is 0 Å². The highest BCUT2D eigenvalue weighted by Crippen LogP contribution is 2.48. The van der Waals surface area contributed by atoms with E-state index in [-0.39, 0.29) is 5.97 Å². The van der Waals surface area contributed by atoms with Crippen LogP contribution in [0.5, 0.6) is 0 Å².